The van der Waals surface area contributed by atoms with Crippen LogP contribution in [0.2, 0.25) is 0 Å². The number of halogens is 1. The molecule has 0 amide bonds. The largest absolute Gasteiger partial charge is 0.508 e. The number of aliphatic carboxylic acids is 1. The Morgan fingerprint density at radius 3 is 2.60 bits per heavy atom. The van der Waals surface area contributed by atoms with E-state index in [-0.39, 0.29) is 5.75 Å². The van der Waals surface area contributed by atoms with Gasteiger partial charge in [-0.25, -0.2) is 4.79 Å². The van der Waals surface area contributed by atoms with Crippen molar-refractivity contribution in [2.45, 2.75) is 25.0 Å². The Balaban J connectivity index is 2.19. The standard InChI is InChI=1S/C19H19IO5/c20-13-10-11-16(21)15(12-13)19(24)17(8-4-5-9-18(22)23)25-14-6-2-1-3-7-14/h1-3,5-7,9-12,17,19,21,24H,4,8H2,(H,22,23)/b9-5+/t17-,19-/m1/s1. The van der Waals surface area contributed by atoms with Crippen LogP contribution in [0.25, 0.3) is 0 Å². The van der Waals surface area contributed by atoms with Crippen molar-refractivity contribution in [1.82, 2.24) is 0 Å². The highest BCUT2D eigenvalue weighted by molar-refractivity contribution is 14.1. The summed E-state index contributed by atoms with van der Waals surface area (Å²) in [6.45, 7) is 0. The van der Waals surface area contributed by atoms with Crippen LogP contribution in [0.1, 0.15) is 24.5 Å². The summed E-state index contributed by atoms with van der Waals surface area (Å²) in [4.78, 5) is 10.6. The number of rotatable bonds is 8. The number of carboxylic acids is 1. The number of aromatic hydroxyl groups is 1. The number of carboxylic acid groups (broad SMARTS) is 1. The molecule has 2 aromatic carbocycles. The van der Waals surface area contributed by atoms with Gasteiger partial charge in [-0.15, -0.1) is 0 Å². The predicted octanol–water partition coefficient (Wildman–Crippen LogP) is 3.90. The number of para-hydroxylation sites is 1. The molecule has 0 fully saturated rings. The maximum Gasteiger partial charge on any atom is 0.327 e. The van der Waals surface area contributed by atoms with E-state index in [0.717, 1.165) is 9.65 Å². The molecule has 0 bridgehead atoms. The molecule has 6 heteroatoms. The fourth-order valence-electron chi connectivity index (χ4n) is 2.36. The zero-order valence-electron chi connectivity index (χ0n) is 13.4. The highest BCUT2D eigenvalue weighted by Crippen LogP contribution is 2.31. The number of allylic oxidation sites excluding steroid dienone is 1. The highest BCUT2D eigenvalue weighted by atomic mass is 127. The summed E-state index contributed by atoms with van der Waals surface area (Å²) in [5.74, 6) is -0.425. The molecule has 0 aliphatic rings. The van der Waals surface area contributed by atoms with E-state index in [2.05, 4.69) is 22.6 Å². The van der Waals surface area contributed by atoms with Crippen LogP contribution in [0.3, 0.4) is 0 Å². The maximum absolute atomic E-state index is 10.7. The van der Waals surface area contributed by atoms with Crippen LogP contribution in [0.4, 0.5) is 0 Å². The lowest BCUT2D eigenvalue weighted by Crippen LogP contribution is -2.25. The molecule has 25 heavy (non-hydrogen) atoms. The Morgan fingerprint density at radius 1 is 1.20 bits per heavy atom. The molecule has 0 saturated carbocycles. The van der Waals surface area contributed by atoms with Crippen LogP contribution in [0, 0.1) is 3.57 Å². The number of phenolic OH excluding ortho intramolecular Hbond substituents is 1. The van der Waals surface area contributed by atoms with Crippen molar-refractivity contribution in [3.05, 3.63) is 69.8 Å². The molecule has 0 heterocycles. The number of aliphatic hydroxyl groups is 1. The Hall–Kier alpha value is -2.06. The summed E-state index contributed by atoms with van der Waals surface area (Å²) in [6.07, 6.45) is 1.72. The number of hydrogen-bond acceptors (Lipinski definition) is 4. The summed E-state index contributed by atoms with van der Waals surface area (Å²) in [6, 6.07) is 14.0. The molecule has 2 rings (SSSR count). The van der Waals surface area contributed by atoms with Gasteiger partial charge in [-0.3, -0.25) is 0 Å². The summed E-state index contributed by atoms with van der Waals surface area (Å²) in [5, 5.41) is 29.4. The van der Waals surface area contributed by atoms with Gasteiger partial charge in [0.25, 0.3) is 0 Å². The van der Waals surface area contributed by atoms with Crippen LogP contribution in [0.5, 0.6) is 11.5 Å². The molecule has 5 nitrogen and oxygen atoms in total. The number of aliphatic hydroxyl groups excluding tert-OH is 1. The van der Waals surface area contributed by atoms with Gasteiger partial charge in [0.1, 0.15) is 23.7 Å². The first kappa shape index (κ1) is 19.3. The molecule has 0 aliphatic carbocycles. The van der Waals surface area contributed by atoms with Gasteiger partial charge < -0.3 is 20.1 Å². The minimum absolute atomic E-state index is 0.00402. The summed E-state index contributed by atoms with van der Waals surface area (Å²) < 4.78 is 6.77. The first-order valence-electron chi connectivity index (χ1n) is 7.75. The van der Waals surface area contributed by atoms with Crippen molar-refractivity contribution in [1.29, 1.82) is 0 Å². The van der Waals surface area contributed by atoms with Gasteiger partial charge in [0.2, 0.25) is 0 Å². The Labute approximate surface area is 159 Å². The van der Waals surface area contributed by atoms with E-state index in [0.29, 0.717) is 24.2 Å². The fourth-order valence-corrected chi connectivity index (χ4v) is 2.88. The van der Waals surface area contributed by atoms with Crippen molar-refractivity contribution in [2.24, 2.45) is 0 Å². The van der Waals surface area contributed by atoms with E-state index >= 15 is 0 Å². The number of benzene rings is 2. The molecule has 0 radical (unpaired) electrons. The van der Waals surface area contributed by atoms with Gasteiger partial charge in [-0.2, -0.15) is 0 Å². The monoisotopic (exact) mass is 454 g/mol. The van der Waals surface area contributed by atoms with Crippen molar-refractivity contribution in [3.63, 3.8) is 0 Å². The van der Waals surface area contributed by atoms with E-state index in [4.69, 9.17) is 9.84 Å². The third-order valence-electron chi connectivity index (χ3n) is 3.57. The second-order valence-electron chi connectivity index (χ2n) is 5.44. The van der Waals surface area contributed by atoms with Crippen molar-refractivity contribution >= 4 is 28.6 Å². The zero-order chi connectivity index (χ0) is 18.2. The van der Waals surface area contributed by atoms with E-state index in [1.165, 1.54) is 12.1 Å². The van der Waals surface area contributed by atoms with Crippen molar-refractivity contribution in [2.75, 3.05) is 0 Å². The minimum atomic E-state index is -1.05. The van der Waals surface area contributed by atoms with Crippen molar-refractivity contribution in [3.8, 4) is 11.5 Å². The number of hydrogen-bond donors (Lipinski definition) is 3. The first-order valence-corrected chi connectivity index (χ1v) is 8.83. The average molecular weight is 454 g/mol. The lowest BCUT2D eigenvalue weighted by molar-refractivity contribution is -0.131. The van der Waals surface area contributed by atoms with Gasteiger partial charge in [0, 0.05) is 15.2 Å². The molecule has 2 atom stereocenters. The molecular weight excluding hydrogens is 435 g/mol. The molecule has 3 N–H and O–H groups in total. The van der Waals surface area contributed by atoms with Gasteiger partial charge in [-0.05, 0) is 65.8 Å². The second kappa shape index (κ2) is 9.43. The summed E-state index contributed by atoms with van der Waals surface area (Å²) >= 11 is 2.10. The van der Waals surface area contributed by atoms with Gasteiger partial charge in [-0.1, -0.05) is 24.3 Å². The van der Waals surface area contributed by atoms with Crippen LogP contribution >= 0.6 is 22.6 Å². The fraction of sp³-hybridized carbons (Fsp3) is 0.211. The molecular formula is C19H19IO5. The van der Waals surface area contributed by atoms with E-state index in [9.17, 15) is 15.0 Å². The predicted molar refractivity (Wildman–Crippen MR) is 103 cm³/mol. The summed E-state index contributed by atoms with van der Waals surface area (Å²) in [7, 11) is 0. The third-order valence-corrected chi connectivity index (χ3v) is 4.24. The zero-order valence-corrected chi connectivity index (χ0v) is 15.5. The van der Waals surface area contributed by atoms with Crippen LogP contribution in [-0.2, 0) is 4.79 Å². The van der Waals surface area contributed by atoms with E-state index in [1.807, 2.05) is 18.2 Å². The van der Waals surface area contributed by atoms with Crippen molar-refractivity contribution < 1.29 is 24.9 Å². The van der Waals surface area contributed by atoms with Crippen LogP contribution < -0.4 is 4.74 Å². The molecule has 0 aliphatic heterocycles. The smallest absolute Gasteiger partial charge is 0.327 e. The van der Waals surface area contributed by atoms with Crippen LogP contribution in [-0.4, -0.2) is 27.4 Å². The topological polar surface area (TPSA) is 87.0 Å². The average Bonchev–Trinajstić information content (AvgIpc) is 2.60. The SMILES string of the molecule is O=C(O)/C=C/CC[C@@H](Oc1ccccc1)[C@H](O)c1cc(I)ccc1O. The quantitative estimate of drug-likeness (QED) is 0.416. The molecule has 0 saturated heterocycles. The molecule has 0 spiro atoms. The van der Waals surface area contributed by atoms with E-state index < -0.39 is 18.2 Å². The van der Waals surface area contributed by atoms with E-state index in [1.54, 1.807) is 24.3 Å². The molecule has 0 aromatic heterocycles. The number of carbonyl (C=O) groups is 1. The third kappa shape index (κ3) is 6.06. The Kier molecular flexibility index (Phi) is 7.27. The normalized spacial score (nSPS) is 13.5. The van der Waals surface area contributed by atoms with Gasteiger partial charge in [0.05, 0.1) is 0 Å². The van der Waals surface area contributed by atoms with Gasteiger partial charge >= 0.3 is 5.97 Å². The second-order valence-corrected chi connectivity index (χ2v) is 6.68. The molecule has 2 aromatic rings. The lowest BCUT2D eigenvalue weighted by atomic mass is 9.99. The number of ether oxygens (including phenoxy) is 1. The Bertz CT molecular complexity index is 730. The molecule has 0 unspecified atom stereocenters. The highest BCUT2D eigenvalue weighted by Gasteiger charge is 2.25. The minimum Gasteiger partial charge on any atom is -0.508 e. The summed E-state index contributed by atoms with van der Waals surface area (Å²) in [5.41, 5.74) is 0.384. The molecule has 132 valence electrons. The first-order chi connectivity index (χ1) is 12.0. The van der Waals surface area contributed by atoms with Crippen LogP contribution in [0.15, 0.2) is 60.7 Å². The maximum atomic E-state index is 10.7. The lowest BCUT2D eigenvalue weighted by Gasteiger charge is -2.25. The van der Waals surface area contributed by atoms with Gasteiger partial charge in [0.15, 0.2) is 0 Å². The Morgan fingerprint density at radius 2 is 1.92 bits per heavy atom. The number of phenols is 1.